The second-order valence-corrected chi connectivity index (χ2v) is 4.46. The van der Waals surface area contributed by atoms with Crippen LogP contribution in [0.5, 0.6) is 11.5 Å². The fourth-order valence-electron chi connectivity index (χ4n) is 1.23. The number of methoxy groups -OCH3 is 1. The highest BCUT2D eigenvalue weighted by atomic mass is 127. The normalized spacial score (nSPS) is 9.62. The number of ether oxygens (including phenoxy) is 2. The van der Waals surface area contributed by atoms with Crippen molar-refractivity contribution in [2.24, 2.45) is 0 Å². The van der Waals surface area contributed by atoms with Crippen LogP contribution in [-0.2, 0) is 0 Å². The Balaban J connectivity index is 2.94. The predicted octanol–water partition coefficient (Wildman–Crippen LogP) is 3.35. The summed E-state index contributed by atoms with van der Waals surface area (Å²) < 4.78 is 11.6. The van der Waals surface area contributed by atoms with Gasteiger partial charge in [0, 0.05) is 6.07 Å². The number of halogens is 1. The second kappa shape index (κ2) is 6.59. The summed E-state index contributed by atoms with van der Waals surface area (Å²) in [6.45, 7) is 2.75. The third-order valence-corrected chi connectivity index (χ3v) is 2.92. The lowest BCUT2D eigenvalue weighted by molar-refractivity contribution is 0.305. The standard InChI is InChI=1S/C12H14INO2/c1-3-4-5-16-12-9(8-14)6-10(15-2)7-11(12)13/h6-7H,3-5H2,1-2H3. The SMILES string of the molecule is CCCCOc1c(I)cc(OC)cc1C#N. The Morgan fingerprint density at radius 1 is 1.44 bits per heavy atom. The first-order valence-corrected chi connectivity index (χ1v) is 6.21. The maximum absolute atomic E-state index is 9.03. The maximum Gasteiger partial charge on any atom is 0.150 e. The molecule has 0 radical (unpaired) electrons. The molecule has 0 amide bonds. The van der Waals surface area contributed by atoms with Crippen molar-refractivity contribution in [3.05, 3.63) is 21.3 Å². The van der Waals surface area contributed by atoms with Crippen LogP contribution in [0, 0.1) is 14.9 Å². The van der Waals surface area contributed by atoms with Gasteiger partial charge in [-0.05, 0) is 35.1 Å². The molecule has 86 valence electrons. The highest BCUT2D eigenvalue weighted by molar-refractivity contribution is 14.1. The first-order valence-electron chi connectivity index (χ1n) is 5.13. The van der Waals surface area contributed by atoms with Crippen molar-refractivity contribution in [3.8, 4) is 17.6 Å². The largest absolute Gasteiger partial charge is 0.497 e. The number of rotatable bonds is 5. The molecule has 0 saturated heterocycles. The molecule has 0 aliphatic rings. The van der Waals surface area contributed by atoms with E-state index >= 15 is 0 Å². The topological polar surface area (TPSA) is 42.2 Å². The second-order valence-electron chi connectivity index (χ2n) is 3.30. The van der Waals surface area contributed by atoms with Crippen LogP contribution in [0.1, 0.15) is 25.3 Å². The lowest BCUT2D eigenvalue weighted by atomic mass is 10.2. The quantitative estimate of drug-likeness (QED) is 0.614. The highest BCUT2D eigenvalue weighted by Gasteiger charge is 2.10. The Kier molecular flexibility index (Phi) is 5.39. The Hall–Kier alpha value is -0.960. The van der Waals surface area contributed by atoms with Crippen LogP contribution in [0.15, 0.2) is 12.1 Å². The van der Waals surface area contributed by atoms with Crippen LogP contribution in [-0.4, -0.2) is 13.7 Å². The molecule has 1 aromatic carbocycles. The van der Waals surface area contributed by atoms with Crippen LogP contribution in [0.2, 0.25) is 0 Å². The predicted molar refractivity (Wildman–Crippen MR) is 70.8 cm³/mol. The average Bonchev–Trinajstić information content (AvgIpc) is 2.30. The Bertz CT molecular complexity index is 399. The summed E-state index contributed by atoms with van der Waals surface area (Å²) in [6, 6.07) is 5.69. The molecule has 0 fully saturated rings. The third-order valence-electron chi connectivity index (χ3n) is 2.12. The van der Waals surface area contributed by atoms with Crippen molar-refractivity contribution in [2.75, 3.05) is 13.7 Å². The molecule has 4 heteroatoms. The van der Waals surface area contributed by atoms with E-state index < -0.39 is 0 Å². The fraction of sp³-hybridized carbons (Fsp3) is 0.417. The van der Waals surface area contributed by atoms with E-state index in [4.69, 9.17) is 14.7 Å². The summed E-state index contributed by atoms with van der Waals surface area (Å²) in [4.78, 5) is 0. The molecule has 0 aliphatic carbocycles. The van der Waals surface area contributed by atoms with Gasteiger partial charge in [0.15, 0.2) is 5.75 Å². The molecule has 1 rings (SSSR count). The number of nitrogens with zero attached hydrogens (tertiary/aromatic N) is 1. The minimum atomic E-state index is 0.528. The summed E-state index contributed by atoms with van der Waals surface area (Å²) in [5.74, 6) is 1.35. The Morgan fingerprint density at radius 2 is 2.19 bits per heavy atom. The van der Waals surface area contributed by atoms with Crippen molar-refractivity contribution in [1.82, 2.24) is 0 Å². The van der Waals surface area contributed by atoms with Gasteiger partial charge in [-0.2, -0.15) is 5.26 Å². The summed E-state index contributed by atoms with van der Waals surface area (Å²) >= 11 is 2.15. The minimum absolute atomic E-state index is 0.528. The first kappa shape index (κ1) is 13.1. The van der Waals surface area contributed by atoms with E-state index in [-0.39, 0.29) is 0 Å². The zero-order valence-electron chi connectivity index (χ0n) is 9.42. The molecule has 0 unspecified atom stereocenters. The molecular formula is C12H14INO2. The lowest BCUT2D eigenvalue weighted by Crippen LogP contribution is -2.01. The summed E-state index contributed by atoms with van der Waals surface area (Å²) in [5.41, 5.74) is 0.528. The molecule has 0 bridgehead atoms. The van der Waals surface area contributed by atoms with Gasteiger partial charge in [-0.15, -0.1) is 0 Å². The van der Waals surface area contributed by atoms with Crippen LogP contribution in [0.4, 0.5) is 0 Å². The number of nitriles is 1. The minimum Gasteiger partial charge on any atom is -0.497 e. The smallest absolute Gasteiger partial charge is 0.150 e. The molecule has 0 N–H and O–H groups in total. The molecule has 0 atom stereocenters. The van der Waals surface area contributed by atoms with Crippen molar-refractivity contribution in [3.63, 3.8) is 0 Å². The number of benzene rings is 1. The summed E-state index contributed by atoms with van der Waals surface area (Å²) in [6.07, 6.45) is 2.07. The van der Waals surface area contributed by atoms with Crippen molar-refractivity contribution < 1.29 is 9.47 Å². The van der Waals surface area contributed by atoms with Gasteiger partial charge < -0.3 is 9.47 Å². The lowest BCUT2D eigenvalue weighted by Gasteiger charge is -2.11. The van der Waals surface area contributed by atoms with Gasteiger partial charge in [0.2, 0.25) is 0 Å². The van der Waals surface area contributed by atoms with Crippen molar-refractivity contribution in [2.45, 2.75) is 19.8 Å². The molecule has 0 aromatic heterocycles. The van der Waals surface area contributed by atoms with E-state index in [9.17, 15) is 0 Å². The molecule has 16 heavy (non-hydrogen) atoms. The fourth-order valence-corrected chi connectivity index (χ4v) is 1.99. The van der Waals surface area contributed by atoms with Crippen LogP contribution in [0.25, 0.3) is 0 Å². The van der Waals surface area contributed by atoms with Crippen LogP contribution < -0.4 is 9.47 Å². The van der Waals surface area contributed by atoms with Gasteiger partial charge in [0.05, 0.1) is 22.9 Å². The number of unbranched alkanes of at least 4 members (excludes halogenated alkanes) is 1. The zero-order chi connectivity index (χ0) is 12.0. The Morgan fingerprint density at radius 3 is 2.75 bits per heavy atom. The zero-order valence-corrected chi connectivity index (χ0v) is 11.6. The molecule has 0 heterocycles. The monoisotopic (exact) mass is 331 g/mol. The Labute approximate surface area is 110 Å². The number of hydrogen-bond acceptors (Lipinski definition) is 3. The molecule has 0 saturated carbocycles. The summed E-state index contributed by atoms with van der Waals surface area (Å²) in [5, 5.41) is 9.03. The number of hydrogen-bond donors (Lipinski definition) is 0. The van der Waals surface area contributed by atoms with Crippen molar-refractivity contribution >= 4 is 22.6 Å². The van der Waals surface area contributed by atoms with Gasteiger partial charge in [-0.25, -0.2) is 0 Å². The van der Waals surface area contributed by atoms with E-state index in [0.717, 1.165) is 16.4 Å². The highest BCUT2D eigenvalue weighted by Crippen LogP contribution is 2.30. The molecule has 0 aliphatic heterocycles. The summed E-state index contributed by atoms with van der Waals surface area (Å²) in [7, 11) is 1.59. The molecule has 3 nitrogen and oxygen atoms in total. The van der Waals surface area contributed by atoms with Gasteiger partial charge in [-0.3, -0.25) is 0 Å². The third kappa shape index (κ3) is 3.27. The maximum atomic E-state index is 9.03. The van der Waals surface area contributed by atoms with Gasteiger partial charge in [0.25, 0.3) is 0 Å². The van der Waals surface area contributed by atoms with E-state index in [1.54, 1.807) is 13.2 Å². The van der Waals surface area contributed by atoms with E-state index in [0.29, 0.717) is 23.7 Å². The first-order chi connectivity index (χ1) is 7.72. The van der Waals surface area contributed by atoms with E-state index in [2.05, 4.69) is 35.6 Å². The van der Waals surface area contributed by atoms with Crippen LogP contribution in [0.3, 0.4) is 0 Å². The van der Waals surface area contributed by atoms with Gasteiger partial charge in [0.1, 0.15) is 11.8 Å². The molecule has 0 spiro atoms. The molecule has 1 aromatic rings. The van der Waals surface area contributed by atoms with E-state index in [1.165, 1.54) is 0 Å². The van der Waals surface area contributed by atoms with Gasteiger partial charge in [-0.1, -0.05) is 13.3 Å². The van der Waals surface area contributed by atoms with Crippen molar-refractivity contribution in [1.29, 1.82) is 5.26 Å². The molecular weight excluding hydrogens is 317 g/mol. The average molecular weight is 331 g/mol. The van der Waals surface area contributed by atoms with Gasteiger partial charge >= 0.3 is 0 Å². The van der Waals surface area contributed by atoms with Crippen LogP contribution >= 0.6 is 22.6 Å². The van der Waals surface area contributed by atoms with E-state index in [1.807, 2.05) is 6.07 Å².